The fraction of sp³-hybridized carbons (Fsp3) is 0.143. The van der Waals surface area contributed by atoms with Gasteiger partial charge >= 0.3 is 7.82 Å². The Labute approximate surface area is 153 Å². The first-order chi connectivity index (χ1) is 12.5. The third kappa shape index (κ3) is 4.12. The molecule has 0 bridgehead atoms. The lowest BCUT2D eigenvalue weighted by atomic mass is 9.67. The highest BCUT2D eigenvalue weighted by molar-refractivity contribution is 7.46. The summed E-state index contributed by atoms with van der Waals surface area (Å²) in [7, 11) is -4.53. The van der Waals surface area contributed by atoms with Gasteiger partial charge in [0, 0.05) is 5.41 Å². The van der Waals surface area contributed by atoms with Gasteiger partial charge in [-0.25, -0.2) is 4.57 Å². The molecule has 0 fully saturated rings. The van der Waals surface area contributed by atoms with Crippen molar-refractivity contribution >= 4 is 7.82 Å². The van der Waals surface area contributed by atoms with Crippen molar-refractivity contribution in [3.05, 3.63) is 108 Å². The number of hydrogen-bond donors (Lipinski definition) is 2. The second-order valence-electron chi connectivity index (χ2n) is 6.08. The Balaban J connectivity index is 2.16. The van der Waals surface area contributed by atoms with Crippen molar-refractivity contribution in [2.24, 2.45) is 0 Å². The average Bonchev–Trinajstić information content (AvgIpc) is 2.67. The maximum atomic E-state index is 11.2. The van der Waals surface area contributed by atoms with Crippen LogP contribution in [0.25, 0.3) is 0 Å². The lowest BCUT2D eigenvalue weighted by Crippen LogP contribution is -2.31. The Hall–Kier alpha value is -2.23. The second kappa shape index (κ2) is 7.98. The Morgan fingerprint density at radius 3 is 1.35 bits per heavy atom. The number of benzene rings is 3. The Bertz CT molecular complexity index is 764. The molecule has 2 N–H and O–H groups in total. The smallest absolute Gasteiger partial charge is 0.303 e. The van der Waals surface area contributed by atoms with Crippen LogP contribution in [-0.2, 0) is 14.5 Å². The zero-order chi connectivity index (χ0) is 18.5. The third-order valence-electron chi connectivity index (χ3n) is 4.54. The lowest BCUT2D eigenvalue weighted by Gasteiger charge is -2.36. The maximum Gasteiger partial charge on any atom is 0.469 e. The van der Waals surface area contributed by atoms with E-state index in [1.807, 2.05) is 91.0 Å². The van der Waals surface area contributed by atoms with E-state index in [-0.39, 0.29) is 6.61 Å². The summed E-state index contributed by atoms with van der Waals surface area (Å²) in [6.07, 6.45) is 0.399. The van der Waals surface area contributed by atoms with Crippen LogP contribution in [0.4, 0.5) is 0 Å². The lowest BCUT2D eigenvalue weighted by molar-refractivity contribution is 0.187. The molecule has 3 aromatic carbocycles. The topological polar surface area (TPSA) is 66.8 Å². The summed E-state index contributed by atoms with van der Waals surface area (Å²) < 4.78 is 16.0. The van der Waals surface area contributed by atoms with Crippen LogP contribution in [0.3, 0.4) is 0 Å². The van der Waals surface area contributed by atoms with E-state index in [4.69, 9.17) is 14.3 Å². The minimum absolute atomic E-state index is 0.0665. The fourth-order valence-electron chi connectivity index (χ4n) is 3.42. The summed E-state index contributed by atoms with van der Waals surface area (Å²) in [5.74, 6) is 0. The molecule has 5 heteroatoms. The van der Waals surface area contributed by atoms with Gasteiger partial charge in [0.2, 0.25) is 0 Å². The molecule has 0 saturated heterocycles. The van der Waals surface area contributed by atoms with Crippen molar-refractivity contribution in [3.8, 4) is 0 Å². The van der Waals surface area contributed by atoms with E-state index in [9.17, 15) is 4.57 Å². The highest BCUT2D eigenvalue weighted by atomic mass is 31.2. The molecule has 0 aliphatic rings. The van der Waals surface area contributed by atoms with E-state index in [0.717, 1.165) is 16.7 Å². The minimum atomic E-state index is -4.53. The van der Waals surface area contributed by atoms with Gasteiger partial charge < -0.3 is 9.79 Å². The van der Waals surface area contributed by atoms with Crippen LogP contribution in [-0.4, -0.2) is 16.4 Å². The van der Waals surface area contributed by atoms with Crippen LogP contribution in [0.15, 0.2) is 91.0 Å². The zero-order valence-corrected chi connectivity index (χ0v) is 15.1. The van der Waals surface area contributed by atoms with Gasteiger partial charge in [-0.3, -0.25) is 4.52 Å². The van der Waals surface area contributed by atoms with Crippen LogP contribution < -0.4 is 0 Å². The van der Waals surface area contributed by atoms with E-state index < -0.39 is 13.2 Å². The van der Waals surface area contributed by atoms with Crippen molar-refractivity contribution in [3.63, 3.8) is 0 Å². The molecule has 0 aromatic heterocycles. The van der Waals surface area contributed by atoms with Crippen LogP contribution in [0, 0.1) is 0 Å². The van der Waals surface area contributed by atoms with E-state index in [2.05, 4.69) is 0 Å². The normalized spacial score (nSPS) is 12.1. The summed E-state index contributed by atoms with van der Waals surface area (Å²) in [4.78, 5) is 18.2. The predicted molar refractivity (Wildman–Crippen MR) is 102 cm³/mol. The Morgan fingerprint density at radius 2 is 1.04 bits per heavy atom. The van der Waals surface area contributed by atoms with Crippen LogP contribution in [0.2, 0.25) is 0 Å². The van der Waals surface area contributed by atoms with Gasteiger partial charge in [-0.05, 0) is 23.1 Å². The van der Waals surface area contributed by atoms with Crippen molar-refractivity contribution in [1.82, 2.24) is 0 Å². The van der Waals surface area contributed by atoms with Crippen molar-refractivity contribution in [2.75, 3.05) is 6.61 Å². The minimum Gasteiger partial charge on any atom is -0.303 e. The summed E-state index contributed by atoms with van der Waals surface area (Å²) in [5.41, 5.74) is 2.57. The van der Waals surface area contributed by atoms with Gasteiger partial charge in [-0.15, -0.1) is 0 Å². The number of phosphoric acid groups is 1. The quantitative estimate of drug-likeness (QED) is 0.475. The van der Waals surface area contributed by atoms with E-state index in [0.29, 0.717) is 6.42 Å². The molecule has 0 aliphatic heterocycles. The standard InChI is InChI=1S/C21H21O4P/c22-26(23,24)25-17-16-21(18-10-4-1-5-11-18,19-12-6-2-7-13-19)20-14-8-3-9-15-20/h1-15H,16-17H2,(H2,22,23,24). The molecular weight excluding hydrogens is 347 g/mol. The molecule has 0 unspecified atom stereocenters. The zero-order valence-electron chi connectivity index (χ0n) is 14.2. The van der Waals surface area contributed by atoms with E-state index >= 15 is 0 Å². The van der Waals surface area contributed by atoms with Gasteiger partial charge in [0.1, 0.15) is 0 Å². The molecule has 0 aliphatic carbocycles. The predicted octanol–water partition coefficient (Wildman–Crippen LogP) is 4.52. The Kier molecular flexibility index (Phi) is 5.70. The average molecular weight is 368 g/mol. The van der Waals surface area contributed by atoms with Crippen LogP contribution >= 0.6 is 7.82 Å². The largest absolute Gasteiger partial charge is 0.469 e. The van der Waals surface area contributed by atoms with Gasteiger partial charge in [0.25, 0.3) is 0 Å². The second-order valence-corrected chi connectivity index (χ2v) is 7.32. The monoisotopic (exact) mass is 368 g/mol. The molecule has 3 aromatic rings. The van der Waals surface area contributed by atoms with Gasteiger partial charge in [0.15, 0.2) is 0 Å². The number of hydrogen-bond acceptors (Lipinski definition) is 2. The molecule has 0 amide bonds. The molecule has 134 valence electrons. The molecule has 4 nitrogen and oxygen atoms in total. The highest BCUT2D eigenvalue weighted by Crippen LogP contribution is 2.44. The summed E-state index contributed by atoms with van der Waals surface area (Å²) in [6, 6.07) is 29.9. The molecule has 26 heavy (non-hydrogen) atoms. The first kappa shape index (κ1) is 18.6. The maximum absolute atomic E-state index is 11.2. The molecular formula is C21H21O4P. The van der Waals surface area contributed by atoms with Gasteiger partial charge in [-0.1, -0.05) is 91.0 Å². The molecule has 0 radical (unpaired) electrons. The number of phosphoric ester groups is 1. The molecule has 0 saturated carbocycles. The van der Waals surface area contributed by atoms with Crippen molar-refractivity contribution < 1.29 is 18.9 Å². The highest BCUT2D eigenvalue weighted by Gasteiger charge is 2.36. The van der Waals surface area contributed by atoms with Crippen molar-refractivity contribution in [1.29, 1.82) is 0 Å². The van der Waals surface area contributed by atoms with Gasteiger partial charge in [-0.2, -0.15) is 0 Å². The van der Waals surface area contributed by atoms with E-state index in [1.54, 1.807) is 0 Å². The van der Waals surface area contributed by atoms with Crippen molar-refractivity contribution in [2.45, 2.75) is 11.8 Å². The summed E-state index contributed by atoms with van der Waals surface area (Å²) >= 11 is 0. The first-order valence-electron chi connectivity index (χ1n) is 8.39. The van der Waals surface area contributed by atoms with E-state index in [1.165, 1.54) is 0 Å². The number of rotatable bonds is 7. The van der Waals surface area contributed by atoms with Crippen LogP contribution in [0.5, 0.6) is 0 Å². The summed E-state index contributed by atoms with van der Waals surface area (Å²) in [6.45, 7) is -0.0665. The molecule has 0 heterocycles. The molecule has 0 spiro atoms. The molecule has 0 atom stereocenters. The third-order valence-corrected chi connectivity index (χ3v) is 5.06. The van der Waals surface area contributed by atoms with Gasteiger partial charge in [0.05, 0.1) is 6.61 Å². The molecule has 3 rings (SSSR count). The van der Waals surface area contributed by atoms with Crippen LogP contribution in [0.1, 0.15) is 23.1 Å². The Morgan fingerprint density at radius 1 is 0.692 bits per heavy atom. The first-order valence-corrected chi connectivity index (χ1v) is 9.92. The SMILES string of the molecule is O=P(O)(O)OCCC(c1ccccc1)(c1ccccc1)c1ccccc1. The fourth-order valence-corrected chi connectivity index (χ4v) is 3.75. The summed E-state index contributed by atoms with van der Waals surface area (Å²) in [5, 5.41) is 0.